The van der Waals surface area contributed by atoms with E-state index >= 15 is 0 Å². The molecule has 3 aromatic carbocycles. The van der Waals surface area contributed by atoms with Gasteiger partial charge < -0.3 is 14.5 Å². The number of hydrogen-bond acceptors (Lipinski definition) is 7. The molecule has 0 aliphatic rings. The standard InChI is InChI=1S/C25H20N4O4S/c1-14-3-9-19-21(11-14)34-25(28-19)29-22(30)13-33-24(31)16-6-10-18-20(12-16)27-23(26-18)15-4-7-17(32-2)8-5-15/h3-12H,13H2,1-2H3,(H,26,27)(H,28,29,30). The summed E-state index contributed by atoms with van der Waals surface area (Å²) in [6.45, 7) is 1.59. The van der Waals surface area contributed by atoms with Gasteiger partial charge in [0.15, 0.2) is 11.7 Å². The second-order valence-corrected chi connectivity index (χ2v) is 8.69. The van der Waals surface area contributed by atoms with E-state index in [4.69, 9.17) is 9.47 Å². The Morgan fingerprint density at radius 1 is 1.00 bits per heavy atom. The molecule has 0 unspecified atom stereocenters. The van der Waals surface area contributed by atoms with Gasteiger partial charge in [0.1, 0.15) is 11.6 Å². The molecule has 0 radical (unpaired) electrons. The second kappa shape index (κ2) is 8.95. The molecule has 5 rings (SSSR count). The Labute approximate surface area is 198 Å². The van der Waals surface area contributed by atoms with Crippen molar-refractivity contribution in [2.45, 2.75) is 6.92 Å². The number of imidazole rings is 1. The van der Waals surface area contributed by atoms with Gasteiger partial charge in [0.05, 0.1) is 33.9 Å². The van der Waals surface area contributed by atoms with Crippen LogP contribution >= 0.6 is 11.3 Å². The van der Waals surface area contributed by atoms with Gasteiger partial charge in [-0.25, -0.2) is 14.8 Å². The number of methoxy groups -OCH3 is 1. The summed E-state index contributed by atoms with van der Waals surface area (Å²) in [5.41, 5.74) is 4.54. The maximum Gasteiger partial charge on any atom is 0.338 e. The number of nitrogens with one attached hydrogen (secondary N) is 2. The number of aryl methyl sites for hydroxylation is 1. The summed E-state index contributed by atoms with van der Waals surface area (Å²) in [5, 5.41) is 3.15. The topological polar surface area (TPSA) is 106 Å². The molecule has 2 N–H and O–H groups in total. The van der Waals surface area contributed by atoms with Crippen molar-refractivity contribution >= 4 is 49.6 Å². The molecule has 0 spiro atoms. The van der Waals surface area contributed by atoms with Crippen LogP contribution < -0.4 is 10.1 Å². The zero-order valence-electron chi connectivity index (χ0n) is 18.4. The van der Waals surface area contributed by atoms with Crippen LogP contribution in [-0.4, -0.2) is 40.5 Å². The maximum atomic E-state index is 12.5. The molecule has 0 bridgehead atoms. The van der Waals surface area contributed by atoms with Gasteiger partial charge in [-0.3, -0.25) is 10.1 Å². The third-order valence-corrected chi connectivity index (χ3v) is 6.14. The van der Waals surface area contributed by atoms with Gasteiger partial charge in [0.2, 0.25) is 0 Å². The minimum Gasteiger partial charge on any atom is -0.497 e. The van der Waals surface area contributed by atoms with Gasteiger partial charge in [-0.2, -0.15) is 0 Å². The fraction of sp³-hybridized carbons (Fsp3) is 0.120. The lowest BCUT2D eigenvalue weighted by molar-refractivity contribution is -0.119. The molecule has 1 amide bonds. The number of ether oxygens (including phenoxy) is 2. The molecule has 0 fully saturated rings. The summed E-state index contributed by atoms with van der Waals surface area (Å²) < 4.78 is 11.4. The first kappa shape index (κ1) is 21.6. The van der Waals surface area contributed by atoms with E-state index in [9.17, 15) is 9.59 Å². The lowest BCUT2D eigenvalue weighted by Crippen LogP contribution is -2.20. The van der Waals surface area contributed by atoms with E-state index in [-0.39, 0.29) is 0 Å². The molecule has 0 saturated carbocycles. The Bertz CT molecular complexity index is 1520. The molecular weight excluding hydrogens is 452 g/mol. The van der Waals surface area contributed by atoms with Crippen molar-refractivity contribution in [1.29, 1.82) is 0 Å². The van der Waals surface area contributed by atoms with E-state index in [0.29, 0.717) is 27.6 Å². The Morgan fingerprint density at radius 2 is 1.79 bits per heavy atom. The number of fused-ring (bicyclic) bond motifs is 2. The number of H-pyrrole nitrogens is 1. The third kappa shape index (κ3) is 4.46. The normalized spacial score (nSPS) is 11.0. The molecule has 2 aromatic heterocycles. The van der Waals surface area contributed by atoms with Gasteiger partial charge in [0, 0.05) is 5.56 Å². The molecule has 0 aliphatic heterocycles. The van der Waals surface area contributed by atoms with Crippen LogP contribution in [-0.2, 0) is 9.53 Å². The molecular formula is C25H20N4O4S. The van der Waals surface area contributed by atoms with Crippen molar-refractivity contribution in [3.05, 3.63) is 71.8 Å². The van der Waals surface area contributed by atoms with Crippen molar-refractivity contribution in [3.8, 4) is 17.1 Å². The predicted molar refractivity (Wildman–Crippen MR) is 131 cm³/mol. The molecule has 0 atom stereocenters. The van der Waals surface area contributed by atoms with Crippen LogP contribution in [0.3, 0.4) is 0 Å². The number of thiazole rings is 1. The minimum absolute atomic E-state index is 0.320. The van der Waals surface area contributed by atoms with Crippen LogP contribution in [0.1, 0.15) is 15.9 Å². The predicted octanol–water partition coefficient (Wildman–Crippen LogP) is 4.95. The summed E-state index contributed by atoms with van der Waals surface area (Å²) in [7, 11) is 1.61. The Hall–Kier alpha value is -4.24. The van der Waals surface area contributed by atoms with Gasteiger partial charge in [-0.15, -0.1) is 0 Å². The van der Waals surface area contributed by atoms with Crippen molar-refractivity contribution < 1.29 is 19.1 Å². The SMILES string of the molecule is COc1ccc(-c2nc3ccc(C(=O)OCC(=O)Nc4nc5ccc(C)cc5s4)cc3[nH]2)cc1. The highest BCUT2D eigenvalue weighted by Gasteiger charge is 2.14. The highest BCUT2D eigenvalue weighted by Crippen LogP contribution is 2.27. The minimum atomic E-state index is -0.599. The highest BCUT2D eigenvalue weighted by atomic mass is 32.1. The second-order valence-electron chi connectivity index (χ2n) is 7.66. The quantitative estimate of drug-likeness (QED) is 0.339. The Morgan fingerprint density at radius 3 is 2.59 bits per heavy atom. The summed E-state index contributed by atoms with van der Waals surface area (Å²) in [6.07, 6.45) is 0. The van der Waals surface area contributed by atoms with E-state index in [0.717, 1.165) is 27.1 Å². The number of benzene rings is 3. The van der Waals surface area contributed by atoms with E-state index in [1.54, 1.807) is 25.3 Å². The lowest BCUT2D eigenvalue weighted by Gasteiger charge is -2.04. The highest BCUT2D eigenvalue weighted by molar-refractivity contribution is 7.22. The summed E-state index contributed by atoms with van der Waals surface area (Å²) in [5.74, 6) is 0.381. The number of anilines is 1. The zero-order valence-corrected chi connectivity index (χ0v) is 19.2. The van der Waals surface area contributed by atoms with Crippen LogP contribution in [0.2, 0.25) is 0 Å². The van der Waals surface area contributed by atoms with Gasteiger partial charge in [0.25, 0.3) is 5.91 Å². The van der Waals surface area contributed by atoms with E-state index < -0.39 is 18.5 Å². The Balaban J connectivity index is 1.24. The molecule has 34 heavy (non-hydrogen) atoms. The van der Waals surface area contributed by atoms with E-state index in [1.165, 1.54) is 11.3 Å². The number of rotatable bonds is 6. The van der Waals surface area contributed by atoms with Crippen molar-refractivity contribution in [2.75, 3.05) is 19.0 Å². The number of aromatic nitrogens is 3. The van der Waals surface area contributed by atoms with Crippen LogP contribution in [0.5, 0.6) is 5.75 Å². The number of aromatic amines is 1. The largest absolute Gasteiger partial charge is 0.497 e. The number of amides is 1. The first-order valence-corrected chi connectivity index (χ1v) is 11.3. The molecule has 2 heterocycles. The average Bonchev–Trinajstić information content (AvgIpc) is 3.45. The van der Waals surface area contributed by atoms with Gasteiger partial charge in [-0.1, -0.05) is 17.4 Å². The summed E-state index contributed by atoms with van der Waals surface area (Å²) >= 11 is 1.37. The summed E-state index contributed by atoms with van der Waals surface area (Å²) in [4.78, 5) is 36.9. The lowest BCUT2D eigenvalue weighted by atomic mass is 10.2. The van der Waals surface area contributed by atoms with E-state index in [2.05, 4.69) is 20.3 Å². The van der Waals surface area contributed by atoms with Crippen molar-refractivity contribution in [2.24, 2.45) is 0 Å². The molecule has 9 heteroatoms. The Kier molecular flexibility index (Phi) is 5.69. The summed E-state index contributed by atoms with van der Waals surface area (Å²) in [6, 6.07) is 18.4. The number of hydrogen-bond donors (Lipinski definition) is 2. The molecule has 170 valence electrons. The van der Waals surface area contributed by atoms with Crippen LogP contribution in [0, 0.1) is 6.92 Å². The smallest absolute Gasteiger partial charge is 0.338 e. The number of esters is 1. The molecule has 0 aliphatic carbocycles. The molecule has 5 aromatic rings. The first-order valence-electron chi connectivity index (χ1n) is 10.5. The molecule has 8 nitrogen and oxygen atoms in total. The number of carbonyl (C=O) groups excluding carboxylic acids is 2. The zero-order chi connectivity index (χ0) is 23.7. The van der Waals surface area contributed by atoms with Crippen molar-refractivity contribution in [1.82, 2.24) is 15.0 Å². The van der Waals surface area contributed by atoms with Crippen LogP contribution in [0.4, 0.5) is 5.13 Å². The first-order chi connectivity index (χ1) is 16.5. The van der Waals surface area contributed by atoms with E-state index in [1.807, 2.05) is 49.4 Å². The average molecular weight is 473 g/mol. The number of carbonyl (C=O) groups is 2. The van der Waals surface area contributed by atoms with Crippen LogP contribution in [0.15, 0.2) is 60.7 Å². The molecule has 0 saturated heterocycles. The third-order valence-electron chi connectivity index (χ3n) is 5.21. The van der Waals surface area contributed by atoms with Crippen LogP contribution in [0.25, 0.3) is 32.6 Å². The maximum absolute atomic E-state index is 12.5. The van der Waals surface area contributed by atoms with Gasteiger partial charge >= 0.3 is 5.97 Å². The fourth-order valence-electron chi connectivity index (χ4n) is 3.48. The number of nitrogens with zero attached hydrogens (tertiary/aromatic N) is 2. The van der Waals surface area contributed by atoms with Gasteiger partial charge in [-0.05, 0) is 67.1 Å². The van der Waals surface area contributed by atoms with Crippen molar-refractivity contribution in [3.63, 3.8) is 0 Å². The fourth-order valence-corrected chi connectivity index (χ4v) is 4.46. The monoisotopic (exact) mass is 472 g/mol.